The minimum absolute atomic E-state index is 0.0453. The number of halogens is 3. The van der Waals surface area contributed by atoms with Gasteiger partial charge in [0.1, 0.15) is 11.6 Å². The van der Waals surface area contributed by atoms with Crippen molar-refractivity contribution in [3.8, 4) is 5.75 Å². The van der Waals surface area contributed by atoms with Crippen molar-refractivity contribution in [2.24, 2.45) is 0 Å². The lowest BCUT2D eigenvalue weighted by atomic mass is 10.1. The van der Waals surface area contributed by atoms with E-state index in [9.17, 15) is 24.5 Å². The Bertz CT molecular complexity index is 1030. The predicted octanol–water partition coefficient (Wildman–Crippen LogP) is 4.15. The molecule has 144 valence electrons. The molecular formula is C17H9Cl3N2O6. The van der Waals surface area contributed by atoms with Crippen LogP contribution in [0.5, 0.6) is 5.75 Å². The molecule has 2 aromatic carbocycles. The molecule has 2 aromatic rings. The minimum Gasteiger partial charge on any atom is -0.422 e. The predicted molar refractivity (Wildman–Crippen MR) is 100 cm³/mol. The number of nitrogens with zero attached hydrogens (tertiary/aromatic N) is 2. The average molecular weight is 444 g/mol. The topological polar surface area (TPSA) is 107 Å². The normalized spacial score (nSPS) is 14.1. The Labute approximate surface area is 172 Å². The number of fused-ring (bicyclic) bond motifs is 1. The first kappa shape index (κ1) is 20.1. The Morgan fingerprint density at radius 1 is 1.14 bits per heavy atom. The third-order valence-corrected chi connectivity index (χ3v) is 4.79. The van der Waals surface area contributed by atoms with E-state index in [4.69, 9.17) is 39.5 Å². The van der Waals surface area contributed by atoms with Gasteiger partial charge in [-0.1, -0.05) is 40.9 Å². The van der Waals surface area contributed by atoms with Crippen molar-refractivity contribution in [3.63, 3.8) is 0 Å². The van der Waals surface area contributed by atoms with Crippen LogP contribution in [0.3, 0.4) is 0 Å². The van der Waals surface area contributed by atoms with Crippen molar-refractivity contribution in [1.29, 1.82) is 0 Å². The summed E-state index contributed by atoms with van der Waals surface area (Å²) < 4.78 is 5.14. The Morgan fingerprint density at radius 2 is 1.75 bits per heavy atom. The highest BCUT2D eigenvalue weighted by atomic mass is 35.5. The number of hydrogen-bond donors (Lipinski definition) is 0. The number of amides is 2. The van der Waals surface area contributed by atoms with E-state index in [1.165, 1.54) is 31.2 Å². The highest BCUT2D eigenvalue weighted by molar-refractivity contribution is 6.40. The molecular weight excluding hydrogens is 435 g/mol. The van der Waals surface area contributed by atoms with E-state index in [-0.39, 0.29) is 31.9 Å². The van der Waals surface area contributed by atoms with Crippen LogP contribution in [-0.4, -0.2) is 33.6 Å². The lowest BCUT2D eigenvalue weighted by molar-refractivity contribution is -0.385. The molecule has 0 bridgehead atoms. The standard InChI is InChI=1S/C17H9Cl3N2O6/c1-7(17(25)28-14-10(19)5-8(18)6-11(14)20)21-15(23)9-3-2-4-12(22(26)27)13(9)16(21)24/h2-7H,1H3/t7-/m0/s1. The molecule has 0 saturated heterocycles. The van der Waals surface area contributed by atoms with Crippen LogP contribution >= 0.6 is 34.8 Å². The number of esters is 1. The third-order valence-electron chi connectivity index (χ3n) is 4.02. The van der Waals surface area contributed by atoms with Crippen LogP contribution in [0, 0.1) is 10.1 Å². The Kier molecular flexibility index (Phi) is 5.29. The van der Waals surface area contributed by atoms with Gasteiger partial charge in [0.05, 0.1) is 20.5 Å². The molecule has 28 heavy (non-hydrogen) atoms. The van der Waals surface area contributed by atoms with Crippen molar-refractivity contribution in [2.45, 2.75) is 13.0 Å². The van der Waals surface area contributed by atoms with E-state index in [1.54, 1.807) is 0 Å². The molecule has 0 fully saturated rings. The number of hydrogen-bond acceptors (Lipinski definition) is 6. The van der Waals surface area contributed by atoms with Crippen LogP contribution < -0.4 is 4.74 Å². The second kappa shape index (κ2) is 7.38. The zero-order valence-electron chi connectivity index (χ0n) is 13.9. The maximum Gasteiger partial charge on any atom is 0.334 e. The molecule has 2 amide bonds. The number of benzene rings is 2. The van der Waals surface area contributed by atoms with Crippen molar-refractivity contribution < 1.29 is 24.0 Å². The van der Waals surface area contributed by atoms with Gasteiger partial charge in [0.2, 0.25) is 0 Å². The zero-order valence-corrected chi connectivity index (χ0v) is 16.2. The van der Waals surface area contributed by atoms with E-state index in [1.807, 2.05) is 0 Å². The fraction of sp³-hybridized carbons (Fsp3) is 0.118. The monoisotopic (exact) mass is 442 g/mol. The highest BCUT2D eigenvalue weighted by Crippen LogP contribution is 2.37. The van der Waals surface area contributed by atoms with Crippen LogP contribution in [-0.2, 0) is 4.79 Å². The van der Waals surface area contributed by atoms with E-state index in [0.29, 0.717) is 4.90 Å². The molecule has 0 spiro atoms. The highest BCUT2D eigenvalue weighted by Gasteiger charge is 2.45. The van der Waals surface area contributed by atoms with E-state index < -0.39 is 34.4 Å². The van der Waals surface area contributed by atoms with E-state index in [2.05, 4.69) is 0 Å². The number of nitro benzene ring substituents is 1. The maximum absolute atomic E-state index is 12.6. The number of nitro groups is 1. The van der Waals surface area contributed by atoms with Gasteiger partial charge in [-0.15, -0.1) is 0 Å². The van der Waals surface area contributed by atoms with Gasteiger partial charge in [-0.05, 0) is 25.1 Å². The summed E-state index contributed by atoms with van der Waals surface area (Å²) in [6.45, 7) is 1.24. The first-order valence-corrected chi connectivity index (χ1v) is 8.78. The largest absolute Gasteiger partial charge is 0.422 e. The second-order valence-corrected chi connectivity index (χ2v) is 6.98. The van der Waals surface area contributed by atoms with Crippen LogP contribution in [0.25, 0.3) is 0 Å². The van der Waals surface area contributed by atoms with Gasteiger partial charge in [-0.2, -0.15) is 0 Å². The summed E-state index contributed by atoms with van der Waals surface area (Å²) in [7, 11) is 0. The number of carbonyl (C=O) groups is 3. The molecule has 11 heteroatoms. The van der Waals surface area contributed by atoms with Crippen molar-refractivity contribution in [3.05, 3.63) is 66.6 Å². The van der Waals surface area contributed by atoms with E-state index in [0.717, 1.165) is 6.07 Å². The molecule has 3 rings (SSSR count). The minimum atomic E-state index is -1.39. The second-order valence-electron chi connectivity index (χ2n) is 5.73. The summed E-state index contributed by atoms with van der Waals surface area (Å²) in [5, 5.41) is 11.3. The number of rotatable bonds is 4. The summed E-state index contributed by atoms with van der Waals surface area (Å²) in [4.78, 5) is 48.7. The Morgan fingerprint density at radius 3 is 2.32 bits per heavy atom. The molecule has 0 N–H and O–H groups in total. The summed E-state index contributed by atoms with van der Waals surface area (Å²) >= 11 is 17.7. The maximum atomic E-state index is 12.6. The molecule has 1 heterocycles. The van der Waals surface area contributed by atoms with E-state index >= 15 is 0 Å². The summed E-state index contributed by atoms with van der Waals surface area (Å²) in [6, 6.07) is 4.86. The molecule has 8 nitrogen and oxygen atoms in total. The van der Waals surface area contributed by atoms with Gasteiger partial charge in [-0.25, -0.2) is 4.79 Å². The van der Waals surface area contributed by atoms with Gasteiger partial charge in [0.15, 0.2) is 5.75 Å². The number of carbonyl (C=O) groups excluding carboxylic acids is 3. The van der Waals surface area contributed by atoms with Crippen LogP contribution in [0.1, 0.15) is 27.6 Å². The molecule has 0 unspecified atom stereocenters. The smallest absolute Gasteiger partial charge is 0.334 e. The fourth-order valence-electron chi connectivity index (χ4n) is 2.71. The van der Waals surface area contributed by atoms with Gasteiger partial charge in [0.25, 0.3) is 17.5 Å². The Hall–Kier alpha value is -2.68. The summed E-state index contributed by atoms with van der Waals surface area (Å²) in [6.07, 6.45) is 0. The summed E-state index contributed by atoms with van der Waals surface area (Å²) in [5.41, 5.74) is -1.07. The quantitative estimate of drug-likeness (QED) is 0.231. The van der Waals surface area contributed by atoms with Gasteiger partial charge in [-0.3, -0.25) is 24.6 Å². The molecule has 0 aromatic heterocycles. The molecule has 0 saturated carbocycles. The van der Waals surface area contributed by atoms with Crippen LogP contribution in [0.4, 0.5) is 5.69 Å². The summed E-state index contributed by atoms with van der Waals surface area (Å²) in [5.74, 6) is -3.01. The molecule has 1 aliphatic rings. The first-order chi connectivity index (χ1) is 13.1. The molecule has 0 aliphatic carbocycles. The van der Waals surface area contributed by atoms with Crippen molar-refractivity contribution >= 4 is 58.3 Å². The number of ether oxygens (including phenoxy) is 1. The van der Waals surface area contributed by atoms with Crippen molar-refractivity contribution in [2.75, 3.05) is 0 Å². The van der Waals surface area contributed by atoms with Crippen molar-refractivity contribution in [1.82, 2.24) is 4.90 Å². The molecule has 1 aliphatic heterocycles. The van der Waals surface area contributed by atoms with Gasteiger partial charge >= 0.3 is 5.97 Å². The molecule has 1 atom stereocenters. The van der Waals surface area contributed by atoms with Crippen LogP contribution in [0.2, 0.25) is 15.1 Å². The van der Waals surface area contributed by atoms with Crippen LogP contribution in [0.15, 0.2) is 30.3 Å². The Balaban J connectivity index is 1.91. The number of imide groups is 1. The lowest BCUT2D eigenvalue weighted by Crippen LogP contribution is -2.44. The zero-order chi connectivity index (χ0) is 20.7. The SMILES string of the molecule is C[C@@H](C(=O)Oc1c(Cl)cc(Cl)cc1Cl)N1C(=O)c2cccc([N+](=O)[O-])c2C1=O. The fourth-order valence-corrected chi connectivity index (χ4v) is 3.60. The third kappa shape index (κ3) is 3.30. The van der Waals surface area contributed by atoms with Gasteiger partial charge < -0.3 is 4.74 Å². The lowest BCUT2D eigenvalue weighted by Gasteiger charge is -2.21. The average Bonchev–Trinajstić information content (AvgIpc) is 2.88. The first-order valence-electron chi connectivity index (χ1n) is 7.65. The van der Waals surface area contributed by atoms with Gasteiger partial charge in [0, 0.05) is 11.1 Å². The molecule has 0 radical (unpaired) electrons.